The highest BCUT2D eigenvalue weighted by Crippen LogP contribution is 2.04. The van der Waals surface area contributed by atoms with Gasteiger partial charge >= 0.3 is 0 Å². The average molecular weight is 607 g/mol. The van der Waals surface area contributed by atoms with Crippen LogP contribution in [-0.2, 0) is 16.0 Å². The molecular weight excluding hydrogens is 562 g/mol. The third-order valence-electron chi connectivity index (χ3n) is 4.21. The van der Waals surface area contributed by atoms with E-state index in [1.54, 1.807) is 6.08 Å². The first-order valence-electron chi connectivity index (χ1n) is 12.3. The molecule has 0 aliphatic heterocycles. The molecule has 0 heterocycles. The van der Waals surface area contributed by atoms with E-state index in [9.17, 15) is 9.59 Å². The molecule has 0 bridgehead atoms. The Bertz CT molecular complexity index is 883. The maximum atomic E-state index is 11.3. The molecule has 4 nitrogen and oxygen atoms in total. The normalized spacial score (nSPS) is 9.08. The topological polar surface area (TPSA) is 63.4 Å². The van der Waals surface area contributed by atoms with Crippen LogP contribution in [0.15, 0.2) is 84.0 Å². The second kappa shape index (κ2) is 28.2. The van der Waals surface area contributed by atoms with Crippen molar-refractivity contribution in [2.45, 2.75) is 59.2 Å². The number of nitrogens with two attached hydrogens (primary N) is 1. The van der Waals surface area contributed by atoms with Crippen molar-refractivity contribution >= 4 is 63.1 Å². The van der Waals surface area contributed by atoms with Crippen molar-refractivity contribution in [1.82, 2.24) is 4.90 Å². The van der Waals surface area contributed by atoms with Crippen LogP contribution < -0.4 is 5.73 Å². The Labute approximate surface area is 250 Å². The Morgan fingerprint density at radius 2 is 1.13 bits per heavy atom. The Morgan fingerprint density at radius 3 is 1.34 bits per heavy atom. The van der Waals surface area contributed by atoms with Crippen LogP contribution in [0.25, 0.3) is 0 Å². The van der Waals surface area contributed by atoms with Crippen molar-refractivity contribution in [3.05, 3.63) is 89.5 Å². The van der Waals surface area contributed by atoms with Crippen molar-refractivity contribution in [2.75, 3.05) is 25.4 Å². The third kappa shape index (κ3) is 36.3. The highest BCUT2D eigenvalue weighted by Gasteiger charge is 1.98. The maximum Gasteiger partial charge on any atom is 0.245 e. The molecule has 0 aromatic heterocycles. The number of hydrogen-bond acceptors (Lipinski definition) is 4. The second-order valence-electron chi connectivity index (χ2n) is 8.15. The van der Waals surface area contributed by atoms with Crippen molar-refractivity contribution in [3.8, 4) is 0 Å². The summed E-state index contributed by atoms with van der Waals surface area (Å²) in [5.41, 5.74) is 9.24. The minimum absolute atomic E-state index is 0.172. The number of halogens is 4. The van der Waals surface area contributed by atoms with Crippen LogP contribution in [-0.4, -0.2) is 39.9 Å². The number of para-hydroxylation sites is 1. The van der Waals surface area contributed by atoms with Crippen LogP contribution in [0.3, 0.4) is 0 Å². The molecule has 0 fully saturated rings. The molecule has 0 saturated heterocycles. The first kappa shape index (κ1) is 40.7. The van der Waals surface area contributed by atoms with Crippen LogP contribution in [0, 0.1) is 0 Å². The maximum absolute atomic E-state index is 11.3. The molecule has 2 aromatic carbocycles. The van der Waals surface area contributed by atoms with Crippen molar-refractivity contribution in [3.63, 3.8) is 0 Å². The van der Waals surface area contributed by atoms with Gasteiger partial charge in [-0.2, -0.15) is 0 Å². The summed E-state index contributed by atoms with van der Waals surface area (Å²) in [5.74, 6) is 0.172. The highest BCUT2D eigenvalue weighted by atomic mass is 35.6. The SMILES string of the molecule is CC(C)=CC(=O)Cc1ccccc1.CC(C)=CC(=O)Cl.CCN(CC)CC.ClC(Cl)Cl.Nc1ccccc1. The van der Waals surface area contributed by atoms with Crippen LogP contribution in [0.2, 0.25) is 0 Å². The molecule has 0 aliphatic carbocycles. The van der Waals surface area contributed by atoms with E-state index >= 15 is 0 Å². The van der Waals surface area contributed by atoms with E-state index in [-0.39, 0.29) is 5.78 Å². The van der Waals surface area contributed by atoms with Crippen LogP contribution in [0.1, 0.15) is 54.0 Å². The van der Waals surface area contributed by atoms with E-state index in [1.807, 2.05) is 88.4 Å². The number of carbonyl (C=O) groups is 2. The van der Waals surface area contributed by atoms with Crippen molar-refractivity contribution in [1.29, 1.82) is 0 Å². The number of nitrogen functional groups attached to an aromatic ring is 1. The summed E-state index contributed by atoms with van der Waals surface area (Å²) in [5, 5.41) is -0.403. The van der Waals surface area contributed by atoms with Gasteiger partial charge < -0.3 is 10.6 Å². The average Bonchev–Trinajstić information content (AvgIpc) is 2.81. The van der Waals surface area contributed by atoms with Crippen LogP contribution in [0.5, 0.6) is 0 Å². The zero-order valence-corrected chi connectivity index (χ0v) is 26.7. The second-order valence-corrected chi connectivity index (χ2v) is 10.5. The summed E-state index contributed by atoms with van der Waals surface area (Å²) in [7, 11) is 0. The monoisotopic (exact) mass is 604 g/mol. The zero-order valence-electron chi connectivity index (χ0n) is 23.7. The first-order chi connectivity index (χ1) is 17.8. The molecule has 0 unspecified atom stereocenters. The van der Waals surface area contributed by atoms with Gasteiger partial charge in [-0.15, -0.1) is 0 Å². The molecule has 2 rings (SSSR count). The number of alkyl halides is 3. The van der Waals surface area contributed by atoms with Gasteiger partial charge in [0.05, 0.1) is 0 Å². The van der Waals surface area contributed by atoms with Crippen molar-refractivity contribution < 1.29 is 9.59 Å². The number of benzene rings is 2. The molecule has 38 heavy (non-hydrogen) atoms. The third-order valence-corrected chi connectivity index (χ3v) is 4.32. The highest BCUT2D eigenvalue weighted by molar-refractivity contribution is 6.66. The number of carbonyl (C=O) groups excluding carboxylic acids is 2. The molecule has 0 radical (unpaired) electrons. The van der Waals surface area contributed by atoms with E-state index in [4.69, 9.17) is 52.1 Å². The van der Waals surface area contributed by atoms with Crippen molar-refractivity contribution in [2.24, 2.45) is 0 Å². The molecule has 0 atom stereocenters. The smallest absolute Gasteiger partial charge is 0.245 e. The summed E-state index contributed by atoms with van der Waals surface area (Å²) in [6.45, 7) is 17.6. The first-order valence-corrected chi connectivity index (χ1v) is 14.0. The summed E-state index contributed by atoms with van der Waals surface area (Å²) in [6, 6.07) is 19.3. The number of ketones is 1. The van der Waals surface area contributed by atoms with Crippen LogP contribution >= 0.6 is 46.4 Å². The van der Waals surface area contributed by atoms with E-state index in [0.717, 1.165) is 22.4 Å². The zero-order chi connectivity index (χ0) is 29.9. The molecule has 214 valence electrons. The van der Waals surface area contributed by atoms with Gasteiger partial charge in [0, 0.05) is 12.1 Å². The Balaban J connectivity index is -0.000000427. The number of allylic oxidation sites excluding steroid dienone is 4. The molecule has 2 N–H and O–H groups in total. The van der Waals surface area contributed by atoms with Gasteiger partial charge in [0.15, 0.2) is 10.1 Å². The fourth-order valence-corrected chi connectivity index (χ4v) is 2.74. The minimum atomic E-state index is -0.750. The van der Waals surface area contributed by atoms with E-state index in [2.05, 4.69) is 25.7 Å². The largest absolute Gasteiger partial charge is 0.399 e. The number of anilines is 1. The van der Waals surface area contributed by atoms with Gasteiger partial charge in [-0.3, -0.25) is 9.59 Å². The Kier molecular flexibility index (Phi) is 30.2. The number of rotatable bonds is 7. The standard InChI is InChI=1S/C12H14O.C6H7N.C6H15N.C5H7ClO.CHCl3/c1-10(2)8-12(13)9-11-6-4-3-5-7-11;7-6-4-2-1-3-5-6;1-4-7(5-2)6-3;1-4(2)3-5(6)7;2-1(3)4/h3-8H,9H2,1-2H3;1-5H,7H2;4-6H2,1-3H3;3H,1-2H3;1H. The van der Waals surface area contributed by atoms with Crippen LogP contribution in [0.4, 0.5) is 5.69 Å². The lowest BCUT2D eigenvalue weighted by molar-refractivity contribution is -0.114. The van der Waals surface area contributed by atoms with Gasteiger partial charge in [-0.1, -0.05) is 115 Å². The lowest BCUT2D eigenvalue weighted by Crippen LogP contribution is -2.21. The lowest BCUT2D eigenvalue weighted by atomic mass is 10.1. The van der Waals surface area contributed by atoms with E-state index < -0.39 is 9.54 Å². The molecule has 8 heteroatoms. The molecular formula is C30H44Cl4N2O2. The van der Waals surface area contributed by atoms with Gasteiger partial charge in [-0.05, 0) is 88.8 Å². The van der Waals surface area contributed by atoms with E-state index in [1.165, 1.54) is 25.7 Å². The number of hydrogen-bond donors (Lipinski definition) is 1. The van der Waals surface area contributed by atoms with Gasteiger partial charge in [0.25, 0.3) is 0 Å². The lowest BCUT2D eigenvalue weighted by Gasteiger charge is -2.13. The quantitative estimate of drug-likeness (QED) is 0.148. The molecule has 0 spiro atoms. The predicted molar refractivity (Wildman–Crippen MR) is 171 cm³/mol. The molecule has 2 aromatic rings. The Morgan fingerprint density at radius 1 is 0.763 bits per heavy atom. The van der Waals surface area contributed by atoms with E-state index in [0.29, 0.717) is 6.42 Å². The summed E-state index contributed by atoms with van der Waals surface area (Å²) in [4.78, 5) is 23.7. The number of nitrogens with zero attached hydrogens (tertiary/aromatic N) is 1. The summed E-state index contributed by atoms with van der Waals surface area (Å²) < 4.78 is -0.750. The minimum Gasteiger partial charge on any atom is -0.399 e. The van der Waals surface area contributed by atoms with Gasteiger partial charge in [-0.25, -0.2) is 0 Å². The molecule has 0 amide bonds. The fourth-order valence-electron chi connectivity index (χ4n) is 2.52. The summed E-state index contributed by atoms with van der Waals surface area (Å²) >= 11 is 19.4. The fraction of sp³-hybridized carbons (Fsp3) is 0.400. The Hall–Kier alpha value is -1.82. The predicted octanol–water partition coefficient (Wildman–Crippen LogP) is 9.09. The summed E-state index contributed by atoms with van der Waals surface area (Å²) in [6.07, 6.45) is 3.57. The van der Waals surface area contributed by atoms with Gasteiger partial charge in [0.2, 0.25) is 5.24 Å². The van der Waals surface area contributed by atoms with Gasteiger partial charge in [0.1, 0.15) is 0 Å². The molecule has 0 aliphatic rings. The molecule has 0 saturated carbocycles.